The predicted octanol–water partition coefficient (Wildman–Crippen LogP) is 3.91. The molecule has 4 aromatic rings. The molecular formula is C19H17N3O2S2. The lowest BCUT2D eigenvalue weighted by atomic mass is 10.3. The Morgan fingerprint density at radius 3 is 2.46 bits per heavy atom. The number of rotatable bonds is 5. The van der Waals surface area contributed by atoms with Gasteiger partial charge in [0.1, 0.15) is 10.0 Å². The number of hydrogen-bond donors (Lipinski definition) is 0. The zero-order valence-electron chi connectivity index (χ0n) is 14.1. The first-order chi connectivity index (χ1) is 12.6. The van der Waals surface area contributed by atoms with Crippen LogP contribution in [0.15, 0.2) is 76.3 Å². The molecule has 132 valence electrons. The third-order valence-electron chi connectivity index (χ3n) is 4.17. The van der Waals surface area contributed by atoms with Crippen LogP contribution in [0.2, 0.25) is 0 Å². The molecule has 0 fully saturated rings. The van der Waals surface area contributed by atoms with E-state index in [0.717, 1.165) is 16.7 Å². The minimum absolute atomic E-state index is 0.184. The topological polar surface area (TPSA) is 55.2 Å². The van der Waals surface area contributed by atoms with E-state index in [-0.39, 0.29) is 6.54 Å². The number of thiophene rings is 1. The molecule has 2 aromatic heterocycles. The van der Waals surface area contributed by atoms with Crippen LogP contribution < -0.4 is 0 Å². The Hall–Kier alpha value is -2.48. The lowest BCUT2D eigenvalue weighted by Crippen LogP contribution is -2.27. The van der Waals surface area contributed by atoms with E-state index >= 15 is 0 Å². The Balaban J connectivity index is 1.80. The largest absolute Gasteiger partial charge is 0.295 e. The lowest BCUT2D eigenvalue weighted by molar-refractivity contribution is 0.456. The van der Waals surface area contributed by atoms with Crippen molar-refractivity contribution in [2.75, 3.05) is 7.05 Å². The van der Waals surface area contributed by atoms with Gasteiger partial charge in [-0.25, -0.2) is 13.4 Å². The number of aromatic nitrogens is 2. The minimum atomic E-state index is -3.53. The van der Waals surface area contributed by atoms with Gasteiger partial charge in [-0.1, -0.05) is 36.4 Å². The van der Waals surface area contributed by atoms with Crippen LogP contribution in [0.4, 0.5) is 0 Å². The molecule has 2 heterocycles. The monoisotopic (exact) mass is 383 g/mol. The third-order valence-corrected chi connectivity index (χ3v) is 7.34. The second-order valence-corrected chi connectivity index (χ2v) is 9.10. The van der Waals surface area contributed by atoms with Gasteiger partial charge in [-0.15, -0.1) is 11.3 Å². The number of sulfonamides is 1. The molecule has 0 aliphatic rings. The average molecular weight is 383 g/mol. The van der Waals surface area contributed by atoms with Crippen LogP contribution in [0.5, 0.6) is 0 Å². The summed E-state index contributed by atoms with van der Waals surface area (Å²) in [5.74, 6) is 0.681. The summed E-state index contributed by atoms with van der Waals surface area (Å²) in [5.41, 5.74) is 2.75. The van der Waals surface area contributed by atoms with E-state index in [1.165, 1.54) is 15.6 Å². The number of nitrogens with zero attached hydrogens (tertiary/aromatic N) is 3. The Bertz CT molecular complexity index is 1130. The Morgan fingerprint density at radius 1 is 1.00 bits per heavy atom. The molecule has 0 saturated heterocycles. The highest BCUT2D eigenvalue weighted by molar-refractivity contribution is 7.91. The van der Waals surface area contributed by atoms with Crippen LogP contribution in [-0.4, -0.2) is 29.3 Å². The highest BCUT2D eigenvalue weighted by atomic mass is 32.2. The van der Waals surface area contributed by atoms with Gasteiger partial charge in [0, 0.05) is 12.7 Å². The Morgan fingerprint density at radius 2 is 1.73 bits per heavy atom. The summed E-state index contributed by atoms with van der Waals surface area (Å²) >= 11 is 1.22. The molecule has 7 heteroatoms. The van der Waals surface area contributed by atoms with Crippen LogP contribution >= 0.6 is 11.3 Å². The fraction of sp³-hybridized carbons (Fsp3) is 0.105. The number of benzene rings is 2. The fourth-order valence-corrected chi connectivity index (χ4v) is 5.22. The zero-order valence-corrected chi connectivity index (χ0v) is 15.7. The average Bonchev–Trinajstić information content (AvgIpc) is 3.30. The van der Waals surface area contributed by atoms with Gasteiger partial charge in [-0.3, -0.25) is 4.57 Å². The first kappa shape index (κ1) is 17.0. The quantitative estimate of drug-likeness (QED) is 0.525. The molecule has 0 saturated carbocycles. The van der Waals surface area contributed by atoms with Crippen molar-refractivity contribution in [1.29, 1.82) is 0 Å². The maximum Gasteiger partial charge on any atom is 0.252 e. The lowest BCUT2D eigenvalue weighted by Gasteiger charge is -2.17. The van der Waals surface area contributed by atoms with Crippen LogP contribution in [0.25, 0.3) is 16.7 Å². The second kappa shape index (κ2) is 6.68. The van der Waals surface area contributed by atoms with Crippen LogP contribution in [-0.2, 0) is 16.6 Å². The number of fused-ring (bicyclic) bond motifs is 1. The maximum absolute atomic E-state index is 12.8. The maximum atomic E-state index is 12.8. The first-order valence-corrected chi connectivity index (χ1v) is 10.4. The molecule has 2 aromatic carbocycles. The molecule has 0 radical (unpaired) electrons. The summed E-state index contributed by atoms with van der Waals surface area (Å²) in [7, 11) is -1.94. The number of imidazole rings is 1. The molecule has 0 spiro atoms. The van der Waals surface area contributed by atoms with Crippen molar-refractivity contribution >= 4 is 32.4 Å². The standard InChI is InChI=1S/C19H17N3O2S2/c1-21(26(23,24)19-12-7-13-25-19)14-18-20-16-10-5-6-11-17(16)22(18)15-8-3-2-4-9-15/h2-13H,14H2,1H3. The van der Waals surface area contributed by atoms with Crippen molar-refractivity contribution in [2.45, 2.75) is 10.8 Å². The van der Waals surface area contributed by atoms with Gasteiger partial charge in [-0.05, 0) is 35.7 Å². The minimum Gasteiger partial charge on any atom is -0.295 e. The molecule has 0 aliphatic heterocycles. The van der Waals surface area contributed by atoms with Gasteiger partial charge < -0.3 is 0 Å². The van der Waals surface area contributed by atoms with Crippen LogP contribution in [0.3, 0.4) is 0 Å². The highest BCUT2D eigenvalue weighted by Gasteiger charge is 2.24. The van der Waals surface area contributed by atoms with Crippen molar-refractivity contribution in [2.24, 2.45) is 0 Å². The molecule has 4 rings (SSSR count). The summed E-state index contributed by atoms with van der Waals surface area (Å²) in [5, 5.41) is 1.76. The summed E-state index contributed by atoms with van der Waals surface area (Å²) in [6.07, 6.45) is 0. The van der Waals surface area contributed by atoms with Crippen LogP contribution in [0.1, 0.15) is 5.82 Å². The predicted molar refractivity (Wildman–Crippen MR) is 104 cm³/mol. The molecule has 0 atom stereocenters. The van der Waals surface area contributed by atoms with Crippen molar-refractivity contribution in [3.05, 3.63) is 77.9 Å². The second-order valence-electron chi connectivity index (χ2n) is 5.88. The number of hydrogen-bond acceptors (Lipinski definition) is 4. The molecule has 0 aliphatic carbocycles. The van der Waals surface area contributed by atoms with Crippen molar-refractivity contribution < 1.29 is 8.42 Å². The molecule has 26 heavy (non-hydrogen) atoms. The SMILES string of the molecule is CN(Cc1nc2ccccc2n1-c1ccccc1)S(=O)(=O)c1cccs1. The molecule has 0 bridgehead atoms. The van der Waals surface area contributed by atoms with E-state index in [4.69, 9.17) is 0 Å². The summed E-state index contributed by atoms with van der Waals surface area (Å²) in [6.45, 7) is 0.184. The molecular weight excluding hydrogens is 366 g/mol. The zero-order chi connectivity index (χ0) is 18.1. The molecule has 5 nitrogen and oxygen atoms in total. The summed E-state index contributed by atoms with van der Waals surface area (Å²) in [4.78, 5) is 4.68. The van der Waals surface area contributed by atoms with Gasteiger partial charge in [0.25, 0.3) is 10.0 Å². The van der Waals surface area contributed by atoms with Gasteiger partial charge in [0.05, 0.1) is 17.6 Å². The summed E-state index contributed by atoms with van der Waals surface area (Å²) < 4.78 is 29.2. The van der Waals surface area contributed by atoms with Crippen molar-refractivity contribution in [1.82, 2.24) is 13.9 Å². The smallest absolute Gasteiger partial charge is 0.252 e. The first-order valence-electron chi connectivity index (χ1n) is 8.09. The van der Waals surface area contributed by atoms with E-state index in [0.29, 0.717) is 10.0 Å². The van der Waals surface area contributed by atoms with Crippen molar-refractivity contribution in [3.8, 4) is 5.69 Å². The van der Waals surface area contributed by atoms with E-state index < -0.39 is 10.0 Å². The Labute approximate surface area is 156 Å². The third kappa shape index (κ3) is 2.94. The van der Waals surface area contributed by atoms with E-state index in [2.05, 4.69) is 4.98 Å². The van der Waals surface area contributed by atoms with Crippen molar-refractivity contribution in [3.63, 3.8) is 0 Å². The van der Waals surface area contributed by atoms with E-state index in [1.54, 1.807) is 24.6 Å². The van der Waals surface area contributed by atoms with E-state index in [1.807, 2.05) is 59.2 Å². The van der Waals surface area contributed by atoms with E-state index in [9.17, 15) is 8.42 Å². The summed E-state index contributed by atoms with van der Waals surface area (Å²) in [6, 6.07) is 21.0. The Kier molecular flexibility index (Phi) is 4.36. The van der Waals surface area contributed by atoms with Gasteiger partial charge in [0.15, 0.2) is 0 Å². The molecule has 0 N–H and O–H groups in total. The normalized spacial score (nSPS) is 12.1. The van der Waals surface area contributed by atoms with Gasteiger partial charge in [0.2, 0.25) is 0 Å². The van der Waals surface area contributed by atoms with Gasteiger partial charge in [-0.2, -0.15) is 4.31 Å². The molecule has 0 amide bonds. The fourth-order valence-electron chi connectivity index (χ4n) is 2.90. The van der Waals surface area contributed by atoms with Gasteiger partial charge >= 0.3 is 0 Å². The number of para-hydroxylation sites is 3. The highest BCUT2D eigenvalue weighted by Crippen LogP contribution is 2.25. The van der Waals surface area contributed by atoms with Crippen LogP contribution in [0, 0.1) is 0 Å². The molecule has 0 unspecified atom stereocenters.